The highest BCUT2D eigenvalue weighted by atomic mass is 19.4. The van der Waals surface area contributed by atoms with Gasteiger partial charge in [-0.1, -0.05) is 0 Å². The Morgan fingerprint density at radius 2 is 2.05 bits per heavy atom. The van der Waals surface area contributed by atoms with Crippen molar-refractivity contribution in [3.05, 3.63) is 17.5 Å². The maximum atomic E-state index is 12.5. The van der Waals surface area contributed by atoms with Crippen molar-refractivity contribution >= 4 is 5.97 Å². The molecule has 5 nitrogen and oxygen atoms in total. The predicted molar refractivity (Wildman–Crippen MR) is 53.5 cm³/mol. The molecular weight excluding hydrogens is 293 g/mol. The van der Waals surface area contributed by atoms with E-state index in [1.54, 1.807) is 0 Å². The first-order valence-corrected chi connectivity index (χ1v) is 5.10. The van der Waals surface area contributed by atoms with Crippen LogP contribution in [0.2, 0.25) is 0 Å². The van der Waals surface area contributed by atoms with Crippen molar-refractivity contribution in [2.75, 3.05) is 6.61 Å². The summed E-state index contributed by atoms with van der Waals surface area (Å²) in [5.41, 5.74) is -2.41. The van der Waals surface area contributed by atoms with Crippen LogP contribution in [-0.4, -0.2) is 29.0 Å². The van der Waals surface area contributed by atoms with Gasteiger partial charge in [-0.3, -0.25) is 0 Å². The maximum Gasteiger partial charge on any atom is 0.573 e. The van der Waals surface area contributed by atoms with E-state index in [1.807, 2.05) is 0 Å². The smallest absolute Gasteiger partial charge is 0.505 e. The van der Waals surface area contributed by atoms with Crippen LogP contribution in [0.15, 0.2) is 6.20 Å². The number of aromatic hydroxyl groups is 1. The van der Waals surface area contributed by atoms with E-state index in [2.05, 4.69) is 14.5 Å². The number of carbonyl (C=O) groups is 1. The number of alkyl halides is 5. The first kappa shape index (κ1) is 15.9. The quantitative estimate of drug-likeness (QED) is 0.684. The number of halogens is 5. The van der Waals surface area contributed by atoms with E-state index in [4.69, 9.17) is 0 Å². The van der Waals surface area contributed by atoms with Crippen molar-refractivity contribution in [3.8, 4) is 11.5 Å². The first-order chi connectivity index (χ1) is 9.17. The van der Waals surface area contributed by atoms with Gasteiger partial charge in [0.25, 0.3) is 6.43 Å². The molecule has 1 aromatic rings. The maximum absolute atomic E-state index is 12.5. The predicted octanol–water partition coefficient (Wildman–Crippen LogP) is 2.80. The van der Waals surface area contributed by atoms with E-state index in [1.165, 1.54) is 6.92 Å². The third-order valence-electron chi connectivity index (χ3n) is 1.96. The summed E-state index contributed by atoms with van der Waals surface area (Å²) in [5, 5.41) is 9.44. The lowest BCUT2D eigenvalue weighted by Crippen LogP contribution is -2.20. The van der Waals surface area contributed by atoms with Crippen molar-refractivity contribution in [2.45, 2.75) is 19.7 Å². The van der Waals surface area contributed by atoms with Crippen molar-refractivity contribution in [3.63, 3.8) is 0 Å². The second kappa shape index (κ2) is 5.88. The van der Waals surface area contributed by atoms with Crippen LogP contribution in [0, 0.1) is 0 Å². The van der Waals surface area contributed by atoms with Crippen LogP contribution in [0.5, 0.6) is 11.5 Å². The summed E-state index contributed by atoms with van der Waals surface area (Å²) in [7, 11) is 0. The van der Waals surface area contributed by atoms with Gasteiger partial charge >= 0.3 is 12.3 Å². The molecule has 0 unspecified atom stereocenters. The Labute approximate surface area is 108 Å². The van der Waals surface area contributed by atoms with Gasteiger partial charge in [-0.05, 0) is 6.92 Å². The number of aromatic nitrogens is 1. The Balaban J connectivity index is 3.37. The minimum Gasteiger partial charge on any atom is -0.505 e. The summed E-state index contributed by atoms with van der Waals surface area (Å²) in [6, 6.07) is 0. The molecule has 1 heterocycles. The highest BCUT2D eigenvalue weighted by molar-refractivity contribution is 5.95. The normalized spacial score (nSPS) is 11.6. The molecule has 10 heteroatoms. The molecule has 0 fully saturated rings. The lowest BCUT2D eigenvalue weighted by Gasteiger charge is -2.14. The van der Waals surface area contributed by atoms with E-state index in [9.17, 15) is 31.9 Å². The molecule has 0 aliphatic rings. The highest BCUT2D eigenvalue weighted by Gasteiger charge is 2.36. The Bertz CT molecular complexity index is 503. The summed E-state index contributed by atoms with van der Waals surface area (Å²) in [6.45, 7) is 1.10. The Kier molecular flexibility index (Phi) is 4.69. The number of carbonyl (C=O) groups excluding carboxylic acids is 1. The van der Waals surface area contributed by atoms with Crippen LogP contribution in [0.4, 0.5) is 22.0 Å². The van der Waals surface area contributed by atoms with E-state index in [-0.39, 0.29) is 12.8 Å². The summed E-state index contributed by atoms with van der Waals surface area (Å²) in [5.74, 6) is -4.08. The average molecular weight is 301 g/mol. The van der Waals surface area contributed by atoms with Gasteiger partial charge in [-0.2, -0.15) is 0 Å². The van der Waals surface area contributed by atoms with Gasteiger partial charge in [0.05, 0.1) is 12.8 Å². The number of hydrogen-bond acceptors (Lipinski definition) is 5. The molecular formula is C10H8F5NO4. The summed E-state index contributed by atoms with van der Waals surface area (Å²) in [6.07, 6.45) is -8.22. The molecule has 0 saturated heterocycles. The molecule has 0 aliphatic carbocycles. The van der Waals surface area contributed by atoms with Crippen LogP contribution in [0.3, 0.4) is 0 Å². The zero-order valence-electron chi connectivity index (χ0n) is 9.87. The van der Waals surface area contributed by atoms with Crippen molar-refractivity contribution in [2.24, 2.45) is 0 Å². The fourth-order valence-electron chi connectivity index (χ4n) is 1.26. The first-order valence-electron chi connectivity index (χ1n) is 5.10. The fraction of sp³-hybridized carbons (Fsp3) is 0.400. The van der Waals surface area contributed by atoms with E-state index < -0.39 is 41.5 Å². The lowest BCUT2D eigenvalue weighted by atomic mass is 10.2. The SMILES string of the molecule is CCOC(=O)c1c(OC(F)(F)F)cnc(C(F)F)c1O. The molecule has 0 bridgehead atoms. The zero-order chi connectivity index (χ0) is 15.5. The molecule has 20 heavy (non-hydrogen) atoms. The molecule has 0 saturated carbocycles. The Morgan fingerprint density at radius 3 is 2.50 bits per heavy atom. The van der Waals surface area contributed by atoms with Crippen LogP contribution in [0.25, 0.3) is 0 Å². The molecule has 0 spiro atoms. The van der Waals surface area contributed by atoms with Gasteiger partial charge in [0, 0.05) is 0 Å². The van der Waals surface area contributed by atoms with Crippen LogP contribution in [0.1, 0.15) is 29.4 Å². The minimum absolute atomic E-state index is 0.240. The lowest BCUT2D eigenvalue weighted by molar-refractivity contribution is -0.274. The Hall–Kier alpha value is -2.13. The molecule has 0 radical (unpaired) electrons. The minimum atomic E-state index is -5.19. The molecule has 112 valence electrons. The molecule has 1 aromatic heterocycles. The highest BCUT2D eigenvalue weighted by Crippen LogP contribution is 2.37. The van der Waals surface area contributed by atoms with Crippen molar-refractivity contribution < 1.29 is 41.3 Å². The van der Waals surface area contributed by atoms with Crippen molar-refractivity contribution in [1.29, 1.82) is 0 Å². The largest absolute Gasteiger partial charge is 0.573 e. The second-order valence-corrected chi connectivity index (χ2v) is 3.30. The number of rotatable bonds is 4. The van der Waals surface area contributed by atoms with Crippen LogP contribution in [-0.2, 0) is 4.74 Å². The molecule has 0 atom stereocenters. The molecule has 0 aliphatic heterocycles. The van der Waals surface area contributed by atoms with Gasteiger partial charge in [0.2, 0.25) is 0 Å². The Morgan fingerprint density at radius 1 is 1.45 bits per heavy atom. The summed E-state index contributed by atoms with van der Waals surface area (Å²) >= 11 is 0. The van der Waals surface area contributed by atoms with Gasteiger partial charge in [0.1, 0.15) is 11.3 Å². The number of nitrogens with zero attached hydrogens (tertiary/aromatic N) is 1. The molecule has 1 N–H and O–H groups in total. The van der Waals surface area contributed by atoms with Crippen LogP contribution >= 0.6 is 0 Å². The van der Waals surface area contributed by atoms with E-state index in [0.29, 0.717) is 0 Å². The van der Waals surface area contributed by atoms with E-state index in [0.717, 1.165) is 0 Å². The molecule has 1 rings (SSSR count). The third kappa shape index (κ3) is 3.68. The van der Waals surface area contributed by atoms with Gasteiger partial charge in [0.15, 0.2) is 11.5 Å². The molecule has 0 amide bonds. The number of ether oxygens (including phenoxy) is 2. The standard InChI is InChI=1S/C10H8F5NO4/c1-2-19-9(18)5-4(20-10(13,14)15)3-16-6(7(5)17)8(11)12/h3,8,17H,2H2,1H3. The van der Waals surface area contributed by atoms with Gasteiger partial charge in [-0.15, -0.1) is 13.2 Å². The van der Waals surface area contributed by atoms with Gasteiger partial charge in [-0.25, -0.2) is 18.6 Å². The monoisotopic (exact) mass is 301 g/mol. The topological polar surface area (TPSA) is 68.7 Å². The van der Waals surface area contributed by atoms with Crippen LogP contribution < -0.4 is 4.74 Å². The third-order valence-corrected chi connectivity index (χ3v) is 1.96. The van der Waals surface area contributed by atoms with Gasteiger partial charge < -0.3 is 14.6 Å². The number of esters is 1. The second-order valence-electron chi connectivity index (χ2n) is 3.30. The van der Waals surface area contributed by atoms with Crippen molar-refractivity contribution in [1.82, 2.24) is 4.98 Å². The summed E-state index contributed by atoms with van der Waals surface area (Å²) in [4.78, 5) is 14.4. The molecule has 0 aromatic carbocycles. The fourth-order valence-corrected chi connectivity index (χ4v) is 1.26. The number of pyridine rings is 1. The average Bonchev–Trinajstić information content (AvgIpc) is 2.26. The summed E-state index contributed by atoms with van der Waals surface area (Å²) < 4.78 is 69.2. The van der Waals surface area contributed by atoms with E-state index >= 15 is 0 Å². The zero-order valence-corrected chi connectivity index (χ0v) is 9.87. The number of hydrogen-bond donors (Lipinski definition) is 1.